The highest BCUT2D eigenvalue weighted by Crippen LogP contribution is 2.33. The minimum Gasteiger partial charge on any atom is -0.496 e. The summed E-state index contributed by atoms with van der Waals surface area (Å²) in [4.78, 5) is 25.7. The number of Topliss-reactive ketones (excluding diaryl/α,β-unsaturated/α-hetero) is 1. The van der Waals surface area contributed by atoms with Gasteiger partial charge in [-0.1, -0.05) is 30.1 Å². The van der Waals surface area contributed by atoms with E-state index in [4.69, 9.17) is 27.9 Å². The molecule has 0 bridgehead atoms. The van der Waals surface area contributed by atoms with Crippen molar-refractivity contribution in [3.63, 3.8) is 0 Å². The third-order valence-electron chi connectivity index (χ3n) is 5.20. The maximum Gasteiger partial charge on any atom is 0.266 e. The van der Waals surface area contributed by atoms with Crippen molar-refractivity contribution in [1.29, 1.82) is 0 Å². The molecule has 2 aromatic rings. The van der Waals surface area contributed by atoms with Gasteiger partial charge < -0.3 is 4.74 Å². The highest BCUT2D eigenvalue weighted by Gasteiger charge is 2.41. The Labute approximate surface area is 185 Å². The van der Waals surface area contributed by atoms with Crippen LogP contribution in [0.2, 0.25) is 10.0 Å². The topological polar surface area (TPSA) is 80.8 Å². The Bertz CT molecular complexity index is 1070. The van der Waals surface area contributed by atoms with Crippen LogP contribution < -0.4 is 4.74 Å². The number of hydrogen-bond donors (Lipinski definition) is 0. The van der Waals surface area contributed by atoms with Gasteiger partial charge in [0, 0.05) is 22.4 Å². The Kier molecular flexibility index (Phi) is 6.75. The molecule has 0 N–H and O–H groups in total. The van der Waals surface area contributed by atoms with E-state index >= 15 is 0 Å². The molecular weight excluding hydrogens is 449 g/mol. The van der Waals surface area contributed by atoms with E-state index < -0.39 is 28.4 Å². The minimum absolute atomic E-state index is 0.0957. The summed E-state index contributed by atoms with van der Waals surface area (Å²) in [5, 5.41) is 0.841. The van der Waals surface area contributed by atoms with E-state index in [1.165, 1.54) is 31.4 Å². The summed E-state index contributed by atoms with van der Waals surface area (Å²) in [6, 6.07) is 10.5. The number of ether oxygens (including phenoxy) is 1. The predicted molar refractivity (Wildman–Crippen MR) is 114 cm³/mol. The van der Waals surface area contributed by atoms with Gasteiger partial charge in [0.25, 0.3) is 10.0 Å². The summed E-state index contributed by atoms with van der Waals surface area (Å²) in [6.45, 7) is 1.28. The first-order valence-electron chi connectivity index (χ1n) is 9.29. The lowest BCUT2D eigenvalue weighted by Gasteiger charge is -2.26. The molecule has 6 nitrogen and oxygen atoms in total. The first-order valence-corrected chi connectivity index (χ1v) is 11.5. The Balaban J connectivity index is 2.00. The molecule has 0 spiro atoms. The summed E-state index contributed by atoms with van der Waals surface area (Å²) in [6.07, 6.45) is 0.301. The minimum atomic E-state index is -4.21. The van der Waals surface area contributed by atoms with E-state index in [-0.39, 0.29) is 29.4 Å². The van der Waals surface area contributed by atoms with Crippen LogP contribution in [0.25, 0.3) is 0 Å². The zero-order chi connectivity index (χ0) is 22.1. The van der Waals surface area contributed by atoms with Crippen molar-refractivity contribution in [1.82, 2.24) is 4.31 Å². The monoisotopic (exact) mass is 469 g/mol. The maximum atomic E-state index is 13.4. The van der Waals surface area contributed by atoms with Crippen LogP contribution in [-0.2, 0) is 26.0 Å². The number of benzene rings is 2. The highest BCUT2D eigenvalue weighted by atomic mass is 35.5. The molecule has 0 saturated carbocycles. The van der Waals surface area contributed by atoms with Crippen LogP contribution in [0.4, 0.5) is 0 Å². The molecule has 0 unspecified atom stereocenters. The Morgan fingerprint density at radius 1 is 1.07 bits per heavy atom. The van der Waals surface area contributed by atoms with Gasteiger partial charge in [-0.15, -0.1) is 0 Å². The van der Waals surface area contributed by atoms with Gasteiger partial charge in [0.1, 0.15) is 5.75 Å². The van der Waals surface area contributed by atoms with Crippen molar-refractivity contribution in [2.45, 2.75) is 24.7 Å². The van der Waals surface area contributed by atoms with Crippen molar-refractivity contribution < 1.29 is 22.7 Å². The molecule has 1 fully saturated rings. The molecule has 9 heteroatoms. The Morgan fingerprint density at radius 3 is 2.33 bits per heavy atom. The standard InChI is InChI=1S/C21H21Cl2NO5S/c1-13-9-17(25)12-24(30(27,28)18-6-3-15(22)4-7-18)21(26)19(13)11-14-10-16(23)5-8-20(14)29-2/h3-8,10,13,19H,9,11-12H2,1-2H3/t13-,19+/m0/s1. The molecule has 3 rings (SSSR count). The largest absolute Gasteiger partial charge is 0.496 e. The van der Waals surface area contributed by atoms with Crippen LogP contribution in [0, 0.1) is 11.8 Å². The van der Waals surface area contributed by atoms with Gasteiger partial charge in [-0.2, -0.15) is 0 Å². The number of nitrogens with zero attached hydrogens (tertiary/aromatic N) is 1. The molecule has 1 aliphatic rings. The number of carbonyl (C=O) groups excluding carboxylic acids is 2. The van der Waals surface area contributed by atoms with E-state index in [9.17, 15) is 18.0 Å². The van der Waals surface area contributed by atoms with Crippen molar-refractivity contribution in [2.75, 3.05) is 13.7 Å². The van der Waals surface area contributed by atoms with E-state index in [0.717, 1.165) is 0 Å². The number of carbonyl (C=O) groups is 2. The number of halogens is 2. The van der Waals surface area contributed by atoms with E-state index in [0.29, 0.717) is 25.7 Å². The fourth-order valence-corrected chi connectivity index (χ4v) is 5.34. The third-order valence-corrected chi connectivity index (χ3v) is 7.45. The number of rotatable bonds is 5. The predicted octanol–water partition coefficient (Wildman–Crippen LogP) is 3.99. The van der Waals surface area contributed by atoms with E-state index in [1.54, 1.807) is 25.1 Å². The lowest BCUT2D eigenvalue weighted by atomic mass is 9.85. The Hall–Kier alpha value is -2.09. The average molecular weight is 470 g/mol. The number of amides is 1. The summed E-state index contributed by atoms with van der Waals surface area (Å²) in [7, 11) is -2.70. The van der Waals surface area contributed by atoms with Crippen molar-refractivity contribution in [3.8, 4) is 5.75 Å². The lowest BCUT2D eigenvalue weighted by molar-refractivity contribution is -0.132. The van der Waals surface area contributed by atoms with Gasteiger partial charge in [0.05, 0.1) is 18.6 Å². The van der Waals surface area contributed by atoms with Crippen molar-refractivity contribution in [3.05, 3.63) is 58.1 Å². The van der Waals surface area contributed by atoms with Gasteiger partial charge in [0.2, 0.25) is 5.91 Å². The molecule has 2 atom stereocenters. The van der Waals surface area contributed by atoms with Crippen LogP contribution in [0.3, 0.4) is 0 Å². The summed E-state index contributed by atoms with van der Waals surface area (Å²) < 4.78 is 32.3. The summed E-state index contributed by atoms with van der Waals surface area (Å²) >= 11 is 11.9. The highest BCUT2D eigenvalue weighted by molar-refractivity contribution is 7.89. The molecular formula is C21H21Cl2NO5S. The van der Waals surface area contributed by atoms with Crippen LogP contribution in [0.5, 0.6) is 5.75 Å². The Morgan fingerprint density at radius 2 is 1.70 bits per heavy atom. The normalized spacial score (nSPS) is 20.2. The van der Waals surface area contributed by atoms with Gasteiger partial charge in [0.15, 0.2) is 5.78 Å². The first kappa shape index (κ1) is 22.6. The SMILES string of the molecule is COc1ccc(Cl)cc1C[C@H]1C(=O)N(S(=O)(=O)c2ccc(Cl)cc2)CC(=O)C[C@@H]1C. The quantitative estimate of drug-likeness (QED) is 0.660. The van der Waals surface area contributed by atoms with Crippen LogP contribution in [0.15, 0.2) is 47.4 Å². The molecule has 1 saturated heterocycles. The van der Waals surface area contributed by atoms with E-state index in [2.05, 4.69) is 0 Å². The second kappa shape index (κ2) is 8.96. The average Bonchev–Trinajstić information content (AvgIpc) is 2.79. The second-order valence-electron chi connectivity index (χ2n) is 7.29. The smallest absolute Gasteiger partial charge is 0.266 e. The molecule has 0 radical (unpaired) electrons. The van der Waals surface area contributed by atoms with Gasteiger partial charge in [-0.3, -0.25) is 9.59 Å². The lowest BCUT2D eigenvalue weighted by Crippen LogP contribution is -2.42. The zero-order valence-corrected chi connectivity index (χ0v) is 18.8. The molecule has 1 amide bonds. The maximum absolute atomic E-state index is 13.4. The van der Waals surface area contributed by atoms with Crippen LogP contribution in [0.1, 0.15) is 18.9 Å². The van der Waals surface area contributed by atoms with Crippen LogP contribution in [-0.4, -0.2) is 38.1 Å². The molecule has 0 aliphatic carbocycles. The number of methoxy groups -OCH3 is 1. The van der Waals surface area contributed by atoms with Gasteiger partial charge in [-0.05, 0) is 60.4 Å². The van der Waals surface area contributed by atoms with Gasteiger partial charge >= 0.3 is 0 Å². The van der Waals surface area contributed by atoms with Crippen molar-refractivity contribution >= 4 is 44.9 Å². The van der Waals surface area contributed by atoms with E-state index in [1.807, 2.05) is 0 Å². The summed E-state index contributed by atoms with van der Waals surface area (Å²) in [5.74, 6) is -1.47. The fraction of sp³-hybridized carbons (Fsp3) is 0.333. The van der Waals surface area contributed by atoms with Crippen LogP contribution >= 0.6 is 23.2 Å². The molecule has 30 heavy (non-hydrogen) atoms. The third kappa shape index (κ3) is 4.63. The molecule has 2 aromatic carbocycles. The molecule has 1 heterocycles. The molecule has 1 aliphatic heterocycles. The first-order chi connectivity index (χ1) is 14.1. The fourth-order valence-electron chi connectivity index (χ4n) is 3.60. The number of hydrogen-bond acceptors (Lipinski definition) is 5. The molecule has 160 valence electrons. The second-order valence-corrected chi connectivity index (χ2v) is 10.0. The zero-order valence-electron chi connectivity index (χ0n) is 16.5. The summed E-state index contributed by atoms with van der Waals surface area (Å²) in [5.41, 5.74) is 0.674. The van der Waals surface area contributed by atoms with Gasteiger partial charge in [-0.25, -0.2) is 12.7 Å². The number of ketones is 1. The molecule has 0 aromatic heterocycles. The number of sulfonamides is 1. The van der Waals surface area contributed by atoms with Crippen molar-refractivity contribution in [2.24, 2.45) is 11.8 Å².